The first kappa shape index (κ1) is 20.0. The van der Waals surface area contributed by atoms with E-state index >= 15 is 0 Å². The molecule has 0 radical (unpaired) electrons. The van der Waals surface area contributed by atoms with Gasteiger partial charge in [0.05, 0.1) is 11.4 Å². The Morgan fingerprint density at radius 3 is 2.59 bits per heavy atom. The summed E-state index contributed by atoms with van der Waals surface area (Å²) in [6.45, 7) is 8.24. The maximum Gasteiger partial charge on any atom is 0.222 e. The van der Waals surface area contributed by atoms with Gasteiger partial charge in [0.15, 0.2) is 4.96 Å². The summed E-state index contributed by atoms with van der Waals surface area (Å²) in [5, 5.41) is 2.12. The topological polar surface area (TPSA) is 40.9 Å². The summed E-state index contributed by atoms with van der Waals surface area (Å²) in [6, 6.07) is 6.57. The molecule has 0 aliphatic carbocycles. The van der Waals surface area contributed by atoms with E-state index in [-0.39, 0.29) is 11.7 Å². The van der Waals surface area contributed by atoms with Crippen LogP contribution in [0.4, 0.5) is 4.39 Å². The average Bonchev–Trinajstić information content (AvgIpc) is 3.27. The Morgan fingerprint density at radius 2 is 1.90 bits per heavy atom. The molecule has 3 heterocycles. The van der Waals surface area contributed by atoms with Gasteiger partial charge in [-0.05, 0) is 37.6 Å². The second-order valence-corrected chi connectivity index (χ2v) is 8.51. The van der Waals surface area contributed by atoms with Crippen LogP contribution in [0.5, 0.6) is 0 Å². The normalized spacial score (nSPS) is 15.3. The molecule has 5 nitrogen and oxygen atoms in total. The second-order valence-electron chi connectivity index (χ2n) is 7.67. The van der Waals surface area contributed by atoms with E-state index in [9.17, 15) is 9.18 Å². The number of hydrogen-bond acceptors (Lipinski definition) is 4. The highest BCUT2D eigenvalue weighted by Crippen LogP contribution is 2.30. The number of piperazine rings is 1. The largest absolute Gasteiger partial charge is 0.340 e. The number of hydrogen-bond donors (Lipinski definition) is 0. The molecule has 154 valence electrons. The maximum atomic E-state index is 13.4. The molecule has 0 bridgehead atoms. The molecular formula is C22H27FN4OS. The number of unbranched alkanes of at least 4 members (excludes halogenated alkanes) is 1. The summed E-state index contributed by atoms with van der Waals surface area (Å²) in [6.07, 6.45) is 2.67. The number of fused-ring (bicyclic) bond motifs is 1. The van der Waals surface area contributed by atoms with Crippen molar-refractivity contribution in [2.24, 2.45) is 0 Å². The zero-order valence-corrected chi connectivity index (χ0v) is 17.8. The minimum Gasteiger partial charge on any atom is -0.340 e. The van der Waals surface area contributed by atoms with E-state index in [2.05, 4.69) is 28.5 Å². The Kier molecular flexibility index (Phi) is 5.96. The Labute approximate surface area is 174 Å². The molecule has 0 N–H and O–H groups in total. The van der Waals surface area contributed by atoms with Gasteiger partial charge in [-0.3, -0.25) is 14.1 Å². The van der Waals surface area contributed by atoms with Crippen molar-refractivity contribution < 1.29 is 9.18 Å². The number of rotatable bonds is 6. The second kappa shape index (κ2) is 8.63. The van der Waals surface area contributed by atoms with Gasteiger partial charge in [0.1, 0.15) is 5.82 Å². The van der Waals surface area contributed by atoms with Crippen LogP contribution >= 0.6 is 11.3 Å². The molecule has 0 unspecified atom stereocenters. The van der Waals surface area contributed by atoms with Gasteiger partial charge >= 0.3 is 0 Å². The number of aromatic nitrogens is 2. The number of aryl methyl sites for hydroxylation is 1. The Bertz CT molecular complexity index is 986. The summed E-state index contributed by atoms with van der Waals surface area (Å²) >= 11 is 1.63. The smallest absolute Gasteiger partial charge is 0.222 e. The summed E-state index contributed by atoms with van der Waals surface area (Å²) in [4.78, 5) is 22.5. The molecule has 1 fully saturated rings. The van der Waals surface area contributed by atoms with E-state index in [0.29, 0.717) is 6.42 Å². The predicted molar refractivity (Wildman–Crippen MR) is 115 cm³/mol. The standard InChI is InChI=1S/C22H27FN4OS/c1-3-4-5-20(28)26-12-10-25(11-13-26)14-19-21(17-6-8-18(23)9-7-17)24-22-27(19)16(2)15-29-22/h6-9,15H,3-5,10-14H2,1-2H3. The van der Waals surface area contributed by atoms with Crippen LogP contribution in [-0.2, 0) is 11.3 Å². The lowest BCUT2D eigenvalue weighted by Crippen LogP contribution is -2.48. The molecule has 7 heteroatoms. The number of nitrogens with zero attached hydrogens (tertiary/aromatic N) is 4. The molecule has 1 aliphatic heterocycles. The number of halogens is 1. The molecule has 3 aromatic rings. The SMILES string of the molecule is CCCCC(=O)N1CCN(Cc2c(-c3ccc(F)cc3)nc3scc(C)n23)CC1. The zero-order chi connectivity index (χ0) is 20.4. The van der Waals surface area contributed by atoms with Crippen LogP contribution in [0.25, 0.3) is 16.2 Å². The fraction of sp³-hybridized carbons (Fsp3) is 0.455. The quantitative estimate of drug-likeness (QED) is 0.602. The van der Waals surface area contributed by atoms with Crippen molar-refractivity contribution in [3.8, 4) is 11.3 Å². The van der Waals surface area contributed by atoms with E-state index in [1.54, 1.807) is 23.5 Å². The molecule has 0 saturated carbocycles. The third-order valence-corrected chi connectivity index (χ3v) is 6.53. The first-order valence-electron chi connectivity index (χ1n) is 10.3. The molecule has 0 atom stereocenters. The van der Waals surface area contributed by atoms with Crippen LogP contribution in [0.3, 0.4) is 0 Å². The van der Waals surface area contributed by atoms with Gasteiger partial charge in [-0.2, -0.15) is 0 Å². The molecule has 1 saturated heterocycles. The predicted octanol–water partition coefficient (Wildman–Crippen LogP) is 4.34. The molecule has 1 aromatic carbocycles. The van der Waals surface area contributed by atoms with Crippen molar-refractivity contribution in [3.05, 3.63) is 46.9 Å². The van der Waals surface area contributed by atoms with Gasteiger partial charge in [0, 0.05) is 55.8 Å². The van der Waals surface area contributed by atoms with Crippen molar-refractivity contribution in [2.45, 2.75) is 39.7 Å². The van der Waals surface area contributed by atoms with Gasteiger partial charge in [0.25, 0.3) is 0 Å². The lowest BCUT2D eigenvalue weighted by molar-refractivity contribution is -0.133. The van der Waals surface area contributed by atoms with Gasteiger partial charge in [-0.15, -0.1) is 11.3 Å². The summed E-state index contributed by atoms with van der Waals surface area (Å²) in [5.41, 5.74) is 4.15. The Balaban J connectivity index is 1.53. The number of thiazole rings is 1. The number of carbonyl (C=O) groups excluding carboxylic acids is 1. The third kappa shape index (κ3) is 4.21. The number of imidazole rings is 1. The van der Waals surface area contributed by atoms with Crippen molar-refractivity contribution in [1.29, 1.82) is 0 Å². The molecule has 1 amide bonds. The highest BCUT2D eigenvalue weighted by Gasteiger charge is 2.24. The summed E-state index contributed by atoms with van der Waals surface area (Å²) in [7, 11) is 0. The third-order valence-electron chi connectivity index (χ3n) is 5.59. The number of amides is 1. The summed E-state index contributed by atoms with van der Waals surface area (Å²) < 4.78 is 15.6. The highest BCUT2D eigenvalue weighted by atomic mass is 32.1. The molecular weight excluding hydrogens is 387 g/mol. The fourth-order valence-corrected chi connectivity index (χ4v) is 4.79. The lowest BCUT2D eigenvalue weighted by Gasteiger charge is -2.34. The lowest BCUT2D eigenvalue weighted by atomic mass is 10.1. The van der Waals surface area contributed by atoms with E-state index in [1.165, 1.54) is 12.1 Å². The minimum absolute atomic E-state index is 0.239. The van der Waals surface area contributed by atoms with Crippen LogP contribution < -0.4 is 0 Å². The van der Waals surface area contributed by atoms with Gasteiger partial charge in [-0.1, -0.05) is 13.3 Å². The van der Waals surface area contributed by atoms with Gasteiger partial charge in [0.2, 0.25) is 5.91 Å². The summed E-state index contributed by atoms with van der Waals surface area (Å²) in [5.74, 6) is 0.0373. The van der Waals surface area contributed by atoms with Gasteiger partial charge < -0.3 is 4.90 Å². The molecule has 0 spiro atoms. The molecule has 4 rings (SSSR count). The first-order chi connectivity index (χ1) is 14.1. The Morgan fingerprint density at radius 1 is 1.17 bits per heavy atom. The maximum absolute atomic E-state index is 13.4. The molecule has 29 heavy (non-hydrogen) atoms. The average molecular weight is 415 g/mol. The van der Waals surface area contributed by atoms with E-state index in [4.69, 9.17) is 4.98 Å². The minimum atomic E-state index is -0.239. The number of benzene rings is 1. The number of carbonyl (C=O) groups is 1. The van der Waals surface area contributed by atoms with E-state index in [0.717, 1.165) is 73.2 Å². The fourth-order valence-electron chi connectivity index (χ4n) is 3.90. The molecule has 1 aliphatic rings. The van der Waals surface area contributed by atoms with E-state index < -0.39 is 0 Å². The molecule has 2 aromatic heterocycles. The van der Waals surface area contributed by atoms with E-state index in [1.807, 2.05) is 4.90 Å². The van der Waals surface area contributed by atoms with Crippen LogP contribution in [-0.4, -0.2) is 51.3 Å². The van der Waals surface area contributed by atoms with Crippen molar-refractivity contribution in [2.75, 3.05) is 26.2 Å². The van der Waals surface area contributed by atoms with Crippen molar-refractivity contribution in [3.63, 3.8) is 0 Å². The monoisotopic (exact) mass is 414 g/mol. The first-order valence-corrected chi connectivity index (χ1v) is 11.2. The van der Waals surface area contributed by atoms with Crippen LogP contribution in [0, 0.1) is 12.7 Å². The Hall–Kier alpha value is -2.25. The highest BCUT2D eigenvalue weighted by molar-refractivity contribution is 7.15. The zero-order valence-electron chi connectivity index (χ0n) is 17.0. The van der Waals surface area contributed by atoms with Crippen LogP contribution in [0.1, 0.15) is 37.6 Å². The van der Waals surface area contributed by atoms with Gasteiger partial charge in [-0.25, -0.2) is 9.37 Å². The van der Waals surface area contributed by atoms with Crippen molar-refractivity contribution in [1.82, 2.24) is 19.2 Å². The van der Waals surface area contributed by atoms with Crippen molar-refractivity contribution >= 4 is 22.2 Å². The van der Waals surface area contributed by atoms with Crippen LogP contribution in [0.2, 0.25) is 0 Å². The van der Waals surface area contributed by atoms with Crippen LogP contribution in [0.15, 0.2) is 29.6 Å².